The number of nitrogens with zero attached hydrogens (tertiary/aromatic N) is 6. The second kappa shape index (κ2) is 7.48. The second-order valence-electron chi connectivity index (χ2n) is 6.02. The monoisotopic (exact) mass is 331 g/mol. The Kier molecular flexibility index (Phi) is 5.14. The molecule has 0 radical (unpaired) electrons. The standard InChI is InChI=1S/C16H25N7O/c1-3-22-10-11-23(12-14(22)15-18-5-7-20(15)2)16(24)19-6-9-21-8-4-17-13-21/h4-5,7-8,13-14H,3,6,9-12H2,1-2H3,(H,19,24). The SMILES string of the molecule is CCN1CCN(C(=O)NCCn2ccnc2)CC1c1nccn1C. The fourth-order valence-electron chi connectivity index (χ4n) is 3.15. The molecule has 1 saturated heterocycles. The first-order valence-corrected chi connectivity index (χ1v) is 8.38. The molecule has 1 N–H and O–H groups in total. The first-order valence-electron chi connectivity index (χ1n) is 8.38. The van der Waals surface area contributed by atoms with Crippen molar-refractivity contribution in [2.24, 2.45) is 7.05 Å². The van der Waals surface area contributed by atoms with Crippen LogP contribution in [0, 0.1) is 0 Å². The van der Waals surface area contributed by atoms with Crippen molar-refractivity contribution in [1.82, 2.24) is 34.2 Å². The van der Waals surface area contributed by atoms with E-state index in [1.807, 2.05) is 39.7 Å². The number of aryl methyl sites for hydroxylation is 1. The Morgan fingerprint density at radius 2 is 2.21 bits per heavy atom. The molecule has 0 saturated carbocycles. The fourth-order valence-corrected chi connectivity index (χ4v) is 3.15. The van der Waals surface area contributed by atoms with Crippen LogP contribution in [-0.2, 0) is 13.6 Å². The highest BCUT2D eigenvalue weighted by Crippen LogP contribution is 2.23. The van der Waals surface area contributed by atoms with Gasteiger partial charge >= 0.3 is 6.03 Å². The minimum absolute atomic E-state index is 0.00919. The summed E-state index contributed by atoms with van der Waals surface area (Å²) in [5, 5.41) is 3.00. The number of imidazole rings is 2. The number of hydrogen-bond acceptors (Lipinski definition) is 4. The smallest absolute Gasteiger partial charge is 0.317 e. The predicted molar refractivity (Wildman–Crippen MR) is 90.4 cm³/mol. The van der Waals surface area contributed by atoms with Gasteiger partial charge in [0.1, 0.15) is 5.82 Å². The fraction of sp³-hybridized carbons (Fsp3) is 0.562. The Morgan fingerprint density at radius 1 is 1.33 bits per heavy atom. The van der Waals surface area contributed by atoms with Crippen LogP contribution < -0.4 is 5.32 Å². The molecule has 3 heterocycles. The third-order valence-corrected chi connectivity index (χ3v) is 4.55. The third kappa shape index (κ3) is 3.59. The Morgan fingerprint density at radius 3 is 2.88 bits per heavy atom. The zero-order valence-electron chi connectivity index (χ0n) is 14.3. The van der Waals surface area contributed by atoms with E-state index in [2.05, 4.69) is 27.1 Å². The number of aromatic nitrogens is 4. The molecule has 0 aliphatic carbocycles. The lowest BCUT2D eigenvalue weighted by molar-refractivity contribution is 0.0878. The van der Waals surface area contributed by atoms with Gasteiger partial charge in [0.2, 0.25) is 0 Å². The number of nitrogens with one attached hydrogen (secondary N) is 1. The molecule has 2 aromatic heterocycles. The van der Waals surface area contributed by atoms with Crippen molar-refractivity contribution >= 4 is 6.03 Å². The summed E-state index contributed by atoms with van der Waals surface area (Å²) in [5.41, 5.74) is 0. The molecule has 24 heavy (non-hydrogen) atoms. The van der Waals surface area contributed by atoms with E-state index in [0.29, 0.717) is 13.1 Å². The summed E-state index contributed by atoms with van der Waals surface area (Å²) in [6, 6.07) is 0.133. The molecular formula is C16H25N7O. The quantitative estimate of drug-likeness (QED) is 0.876. The molecule has 1 aliphatic heterocycles. The summed E-state index contributed by atoms with van der Waals surface area (Å²) < 4.78 is 3.99. The van der Waals surface area contributed by atoms with Gasteiger partial charge in [-0.05, 0) is 6.54 Å². The van der Waals surface area contributed by atoms with Crippen LogP contribution in [0.2, 0.25) is 0 Å². The number of carbonyl (C=O) groups is 1. The molecule has 0 spiro atoms. The Balaban J connectivity index is 1.58. The van der Waals surface area contributed by atoms with Crippen LogP contribution in [0.15, 0.2) is 31.1 Å². The number of hydrogen-bond donors (Lipinski definition) is 1. The average molecular weight is 331 g/mol. The highest BCUT2D eigenvalue weighted by molar-refractivity contribution is 5.74. The molecule has 8 nitrogen and oxygen atoms in total. The lowest BCUT2D eigenvalue weighted by Crippen LogP contribution is -2.53. The molecular weight excluding hydrogens is 306 g/mol. The Hall–Kier alpha value is -2.35. The predicted octanol–water partition coefficient (Wildman–Crippen LogP) is 0.705. The van der Waals surface area contributed by atoms with E-state index < -0.39 is 0 Å². The van der Waals surface area contributed by atoms with E-state index >= 15 is 0 Å². The molecule has 1 atom stereocenters. The van der Waals surface area contributed by atoms with Gasteiger partial charge in [0.15, 0.2) is 0 Å². The number of rotatable bonds is 5. The van der Waals surface area contributed by atoms with Gasteiger partial charge in [-0.25, -0.2) is 14.8 Å². The summed E-state index contributed by atoms with van der Waals surface area (Å²) in [6.45, 7) is 6.69. The van der Waals surface area contributed by atoms with Crippen LogP contribution in [0.1, 0.15) is 18.8 Å². The van der Waals surface area contributed by atoms with Gasteiger partial charge in [-0.15, -0.1) is 0 Å². The second-order valence-corrected chi connectivity index (χ2v) is 6.02. The summed E-state index contributed by atoms with van der Waals surface area (Å²) in [5.74, 6) is 1.01. The zero-order chi connectivity index (χ0) is 16.9. The first kappa shape index (κ1) is 16.5. The maximum atomic E-state index is 12.5. The topological polar surface area (TPSA) is 71.2 Å². The van der Waals surface area contributed by atoms with Gasteiger partial charge in [0.05, 0.1) is 12.4 Å². The first-order chi connectivity index (χ1) is 11.7. The van der Waals surface area contributed by atoms with Crippen LogP contribution in [-0.4, -0.2) is 67.7 Å². The molecule has 2 aromatic rings. The van der Waals surface area contributed by atoms with E-state index in [1.165, 1.54) is 0 Å². The van der Waals surface area contributed by atoms with Crippen molar-refractivity contribution in [3.63, 3.8) is 0 Å². The zero-order valence-corrected chi connectivity index (χ0v) is 14.3. The minimum atomic E-state index is -0.00919. The summed E-state index contributed by atoms with van der Waals surface area (Å²) in [7, 11) is 2.00. The van der Waals surface area contributed by atoms with E-state index in [-0.39, 0.29) is 12.1 Å². The molecule has 1 aliphatic rings. The molecule has 3 rings (SSSR count). The van der Waals surface area contributed by atoms with Gasteiger partial charge in [0.25, 0.3) is 0 Å². The van der Waals surface area contributed by atoms with E-state index in [0.717, 1.165) is 32.0 Å². The normalized spacial score (nSPS) is 18.8. The number of piperazine rings is 1. The maximum Gasteiger partial charge on any atom is 0.317 e. The summed E-state index contributed by atoms with van der Waals surface area (Å²) in [4.78, 5) is 25.2. The number of likely N-dealkylation sites (N-methyl/N-ethyl adjacent to an activating group) is 1. The van der Waals surface area contributed by atoms with Gasteiger partial charge in [-0.3, -0.25) is 4.90 Å². The lowest BCUT2D eigenvalue weighted by atomic mass is 10.1. The Labute approximate surface area is 142 Å². The van der Waals surface area contributed by atoms with E-state index in [1.54, 1.807) is 12.5 Å². The van der Waals surface area contributed by atoms with E-state index in [9.17, 15) is 4.79 Å². The maximum absolute atomic E-state index is 12.5. The highest BCUT2D eigenvalue weighted by Gasteiger charge is 2.31. The van der Waals surface area contributed by atoms with Gasteiger partial charge in [-0.2, -0.15) is 0 Å². The van der Waals surface area contributed by atoms with Gasteiger partial charge in [0, 0.05) is 64.6 Å². The highest BCUT2D eigenvalue weighted by atomic mass is 16.2. The van der Waals surface area contributed by atoms with Crippen LogP contribution >= 0.6 is 0 Å². The molecule has 0 bridgehead atoms. The van der Waals surface area contributed by atoms with Crippen LogP contribution in [0.4, 0.5) is 4.79 Å². The summed E-state index contributed by atoms with van der Waals surface area (Å²) >= 11 is 0. The van der Waals surface area contributed by atoms with Crippen LogP contribution in [0.25, 0.3) is 0 Å². The third-order valence-electron chi connectivity index (χ3n) is 4.55. The van der Waals surface area contributed by atoms with Gasteiger partial charge in [-0.1, -0.05) is 6.92 Å². The lowest BCUT2D eigenvalue weighted by Gasteiger charge is -2.40. The molecule has 2 amide bonds. The molecule has 1 fully saturated rings. The number of carbonyl (C=O) groups excluding carboxylic acids is 1. The molecule has 0 aromatic carbocycles. The largest absolute Gasteiger partial charge is 0.337 e. The van der Waals surface area contributed by atoms with Crippen LogP contribution in [0.3, 0.4) is 0 Å². The van der Waals surface area contributed by atoms with E-state index in [4.69, 9.17) is 0 Å². The van der Waals surface area contributed by atoms with Crippen molar-refractivity contribution in [2.45, 2.75) is 19.5 Å². The molecule has 130 valence electrons. The Bertz CT molecular complexity index is 651. The van der Waals surface area contributed by atoms with Crippen molar-refractivity contribution in [2.75, 3.05) is 32.7 Å². The molecule has 8 heteroatoms. The van der Waals surface area contributed by atoms with Crippen molar-refractivity contribution in [3.8, 4) is 0 Å². The van der Waals surface area contributed by atoms with Crippen molar-refractivity contribution in [1.29, 1.82) is 0 Å². The van der Waals surface area contributed by atoms with Gasteiger partial charge < -0.3 is 19.4 Å². The minimum Gasteiger partial charge on any atom is -0.337 e. The number of urea groups is 1. The average Bonchev–Trinajstić information content (AvgIpc) is 3.25. The summed E-state index contributed by atoms with van der Waals surface area (Å²) in [6.07, 6.45) is 9.15. The molecule has 1 unspecified atom stereocenters. The van der Waals surface area contributed by atoms with Crippen LogP contribution in [0.5, 0.6) is 0 Å². The van der Waals surface area contributed by atoms with Crippen molar-refractivity contribution in [3.05, 3.63) is 36.9 Å². The number of amides is 2. The van der Waals surface area contributed by atoms with Crippen molar-refractivity contribution < 1.29 is 4.79 Å².